The molecule has 2 aliphatic rings. The summed E-state index contributed by atoms with van der Waals surface area (Å²) in [6, 6.07) is 6.53. The zero-order chi connectivity index (χ0) is 17.9. The smallest absolute Gasteiger partial charge is 0.163 e. The number of hydrogen-bond donors (Lipinski definition) is 1. The molecule has 140 valence electrons. The summed E-state index contributed by atoms with van der Waals surface area (Å²) in [7, 11) is 0. The minimum absolute atomic E-state index is 0.429. The largest absolute Gasteiger partial charge is 0.490 e. The van der Waals surface area contributed by atoms with Crippen LogP contribution in [-0.4, -0.2) is 37.0 Å². The molecule has 2 unspecified atom stereocenters. The number of nitrogens with one attached hydrogen (secondary N) is 1. The van der Waals surface area contributed by atoms with Crippen LogP contribution in [0.4, 0.5) is 5.69 Å². The molecule has 0 radical (unpaired) electrons. The van der Waals surface area contributed by atoms with Gasteiger partial charge in [0, 0.05) is 36.0 Å². The molecule has 0 bridgehead atoms. The maximum absolute atomic E-state index is 5.96. The summed E-state index contributed by atoms with van der Waals surface area (Å²) in [6.07, 6.45) is 7.07. The Kier molecular flexibility index (Phi) is 5.16. The molecule has 1 saturated carbocycles. The van der Waals surface area contributed by atoms with Crippen LogP contribution in [0, 0.1) is 5.92 Å². The lowest BCUT2D eigenvalue weighted by Gasteiger charge is -2.31. The molecule has 4 rings (SSSR count). The first-order valence-corrected chi connectivity index (χ1v) is 9.85. The number of anilines is 1. The molecular formula is C21H28N2O3. The van der Waals surface area contributed by atoms with Crippen molar-refractivity contribution in [2.45, 2.75) is 51.7 Å². The third kappa shape index (κ3) is 3.73. The Labute approximate surface area is 155 Å². The van der Waals surface area contributed by atoms with Gasteiger partial charge in [0.05, 0.1) is 24.8 Å². The quantitative estimate of drug-likeness (QED) is 0.797. The van der Waals surface area contributed by atoms with Gasteiger partial charge in [0.25, 0.3) is 0 Å². The third-order valence-electron chi connectivity index (χ3n) is 5.23. The van der Waals surface area contributed by atoms with Gasteiger partial charge < -0.3 is 19.5 Å². The topological polar surface area (TPSA) is 52.6 Å². The second kappa shape index (κ2) is 7.70. The Morgan fingerprint density at radius 3 is 2.62 bits per heavy atom. The number of nitrogens with zero attached hydrogens (tertiary/aromatic N) is 1. The van der Waals surface area contributed by atoms with Gasteiger partial charge in [0.1, 0.15) is 0 Å². The third-order valence-corrected chi connectivity index (χ3v) is 5.23. The molecule has 1 aliphatic heterocycles. The Hall–Kier alpha value is -2.01. The van der Waals surface area contributed by atoms with Crippen LogP contribution in [0.3, 0.4) is 0 Å². The maximum atomic E-state index is 5.96. The van der Waals surface area contributed by atoms with Crippen LogP contribution in [0.25, 0.3) is 10.9 Å². The van der Waals surface area contributed by atoms with E-state index in [-0.39, 0.29) is 0 Å². The van der Waals surface area contributed by atoms with Crippen LogP contribution in [0.15, 0.2) is 24.4 Å². The second-order valence-corrected chi connectivity index (χ2v) is 7.15. The molecule has 1 aliphatic carbocycles. The fraction of sp³-hybridized carbons (Fsp3) is 0.571. The summed E-state index contributed by atoms with van der Waals surface area (Å²) >= 11 is 0. The molecule has 2 aromatic rings. The highest BCUT2D eigenvalue weighted by Crippen LogP contribution is 2.39. The molecule has 1 N–H and O–H groups in total. The molecule has 1 saturated heterocycles. The van der Waals surface area contributed by atoms with Gasteiger partial charge in [-0.15, -0.1) is 0 Å². The van der Waals surface area contributed by atoms with E-state index >= 15 is 0 Å². The van der Waals surface area contributed by atoms with Crippen molar-refractivity contribution in [3.8, 4) is 11.5 Å². The maximum Gasteiger partial charge on any atom is 0.163 e. The number of pyridine rings is 1. The van der Waals surface area contributed by atoms with E-state index in [0.717, 1.165) is 53.5 Å². The molecule has 5 heteroatoms. The molecule has 1 aromatic heterocycles. The molecule has 2 atom stereocenters. The molecule has 2 heterocycles. The first kappa shape index (κ1) is 17.4. The highest BCUT2D eigenvalue weighted by atomic mass is 16.5. The molecular weight excluding hydrogens is 328 g/mol. The highest BCUT2D eigenvalue weighted by molar-refractivity contribution is 5.93. The van der Waals surface area contributed by atoms with E-state index in [1.165, 1.54) is 12.8 Å². The van der Waals surface area contributed by atoms with Crippen LogP contribution in [0.1, 0.15) is 39.5 Å². The van der Waals surface area contributed by atoms with Gasteiger partial charge in [-0.3, -0.25) is 4.98 Å². The van der Waals surface area contributed by atoms with Gasteiger partial charge in [-0.1, -0.05) is 0 Å². The van der Waals surface area contributed by atoms with Crippen LogP contribution < -0.4 is 14.8 Å². The molecule has 26 heavy (non-hydrogen) atoms. The zero-order valence-corrected chi connectivity index (χ0v) is 15.7. The zero-order valence-electron chi connectivity index (χ0n) is 15.7. The van der Waals surface area contributed by atoms with Crippen molar-refractivity contribution in [1.29, 1.82) is 0 Å². The minimum Gasteiger partial charge on any atom is -0.490 e. The summed E-state index contributed by atoms with van der Waals surface area (Å²) in [4.78, 5) is 4.53. The minimum atomic E-state index is 0.429. The molecule has 0 spiro atoms. The Bertz CT molecular complexity index is 760. The lowest BCUT2D eigenvalue weighted by molar-refractivity contribution is -0.00217. The van der Waals surface area contributed by atoms with Gasteiger partial charge in [-0.05, 0) is 57.6 Å². The van der Waals surface area contributed by atoms with Crippen LogP contribution in [0.5, 0.6) is 11.5 Å². The van der Waals surface area contributed by atoms with E-state index in [1.807, 2.05) is 26.1 Å². The fourth-order valence-electron chi connectivity index (χ4n) is 3.79. The number of ether oxygens (including phenoxy) is 3. The summed E-state index contributed by atoms with van der Waals surface area (Å²) in [5.41, 5.74) is 2.04. The number of aromatic nitrogens is 1. The number of hydrogen-bond acceptors (Lipinski definition) is 5. The van der Waals surface area contributed by atoms with Gasteiger partial charge >= 0.3 is 0 Å². The molecule has 2 fully saturated rings. The van der Waals surface area contributed by atoms with E-state index in [2.05, 4.69) is 22.4 Å². The summed E-state index contributed by atoms with van der Waals surface area (Å²) in [5.74, 6) is 2.32. The summed E-state index contributed by atoms with van der Waals surface area (Å²) in [6.45, 7) is 6.03. The van der Waals surface area contributed by atoms with Gasteiger partial charge in [-0.25, -0.2) is 0 Å². The van der Waals surface area contributed by atoms with Crippen molar-refractivity contribution < 1.29 is 14.2 Å². The Morgan fingerprint density at radius 1 is 1.12 bits per heavy atom. The van der Waals surface area contributed by atoms with E-state index in [0.29, 0.717) is 25.4 Å². The van der Waals surface area contributed by atoms with Crippen molar-refractivity contribution in [2.75, 3.05) is 25.1 Å². The first-order chi connectivity index (χ1) is 12.8. The summed E-state index contributed by atoms with van der Waals surface area (Å²) < 4.78 is 17.5. The van der Waals surface area contributed by atoms with Crippen LogP contribution >= 0.6 is 0 Å². The van der Waals surface area contributed by atoms with Gasteiger partial charge in [0.15, 0.2) is 11.5 Å². The van der Waals surface area contributed by atoms with E-state index in [9.17, 15) is 0 Å². The lowest BCUT2D eigenvalue weighted by atomic mass is 9.99. The van der Waals surface area contributed by atoms with Crippen LogP contribution in [0.2, 0.25) is 0 Å². The number of rotatable bonds is 7. The Morgan fingerprint density at radius 2 is 1.88 bits per heavy atom. The van der Waals surface area contributed by atoms with E-state index in [4.69, 9.17) is 14.2 Å². The molecule has 0 amide bonds. The first-order valence-electron chi connectivity index (χ1n) is 9.85. The van der Waals surface area contributed by atoms with Crippen molar-refractivity contribution in [3.05, 3.63) is 24.4 Å². The lowest BCUT2D eigenvalue weighted by Crippen LogP contribution is -2.35. The van der Waals surface area contributed by atoms with Crippen molar-refractivity contribution in [3.63, 3.8) is 0 Å². The average molecular weight is 356 g/mol. The summed E-state index contributed by atoms with van der Waals surface area (Å²) in [5, 5.41) is 4.82. The van der Waals surface area contributed by atoms with Crippen LogP contribution in [-0.2, 0) is 4.74 Å². The van der Waals surface area contributed by atoms with E-state index < -0.39 is 0 Å². The van der Waals surface area contributed by atoms with Crippen molar-refractivity contribution in [1.82, 2.24) is 4.98 Å². The molecule has 5 nitrogen and oxygen atoms in total. The molecule has 1 aromatic carbocycles. The van der Waals surface area contributed by atoms with Crippen molar-refractivity contribution in [2.24, 2.45) is 5.92 Å². The average Bonchev–Trinajstić information content (AvgIpc) is 3.49. The highest BCUT2D eigenvalue weighted by Gasteiger charge is 2.35. The predicted molar refractivity (Wildman–Crippen MR) is 103 cm³/mol. The monoisotopic (exact) mass is 356 g/mol. The predicted octanol–water partition coefficient (Wildman–Crippen LogP) is 4.40. The second-order valence-electron chi connectivity index (χ2n) is 7.15. The Balaban J connectivity index is 1.60. The fourth-order valence-corrected chi connectivity index (χ4v) is 3.79. The SMILES string of the molecule is CCOc1cc2nccc(NC3CCOC(C4CC4)C3)c2cc1OCC. The normalized spacial score (nSPS) is 23.0. The van der Waals surface area contributed by atoms with Crippen molar-refractivity contribution >= 4 is 16.6 Å². The number of benzene rings is 1. The standard InChI is InChI=1S/C21H28N2O3/c1-3-24-20-12-16-17(7-9-22-18(16)13-21(20)25-4-2)23-15-8-10-26-19(11-15)14-5-6-14/h7,9,12-15,19H,3-6,8,10-11H2,1-2H3,(H,22,23). The van der Waals surface area contributed by atoms with Gasteiger partial charge in [-0.2, -0.15) is 0 Å². The number of fused-ring (bicyclic) bond motifs is 1. The van der Waals surface area contributed by atoms with Gasteiger partial charge in [0.2, 0.25) is 0 Å². The van der Waals surface area contributed by atoms with E-state index in [1.54, 1.807) is 0 Å².